The molecule has 1 amide bonds. The highest BCUT2D eigenvalue weighted by Crippen LogP contribution is 2.24. The van der Waals surface area contributed by atoms with Crippen LogP contribution >= 0.6 is 0 Å². The van der Waals surface area contributed by atoms with Gasteiger partial charge in [-0.3, -0.25) is 14.5 Å². The second kappa shape index (κ2) is 6.90. The van der Waals surface area contributed by atoms with Crippen LogP contribution in [0.3, 0.4) is 0 Å². The molecule has 1 fully saturated rings. The number of nitrogens with two attached hydrogens (primary N) is 1. The quantitative estimate of drug-likeness (QED) is 0.727. The molecular weight excluding hydrogens is 328 g/mol. The highest BCUT2D eigenvalue weighted by molar-refractivity contribution is 7.90. The van der Waals surface area contributed by atoms with Crippen molar-refractivity contribution < 1.29 is 13.2 Å². The standard InChI is InChI=1S/C16H22N4O3S/c17-9-11-5-1-3-7-13(11)19-15(21)10-18-16-12-6-2-4-8-14(12)24(22,23)20-16/h2,4,6,8,11,13H,1,3,5,7,9-10,17H2,(H,18,20)(H,19,21). The van der Waals surface area contributed by atoms with E-state index in [4.69, 9.17) is 5.73 Å². The van der Waals surface area contributed by atoms with Crippen LogP contribution in [0, 0.1) is 5.92 Å². The molecule has 0 radical (unpaired) electrons. The summed E-state index contributed by atoms with van der Waals surface area (Å²) in [5.41, 5.74) is 6.27. The average Bonchev–Trinajstić information content (AvgIpc) is 2.85. The summed E-state index contributed by atoms with van der Waals surface area (Å²) in [7, 11) is -3.57. The average molecular weight is 350 g/mol. The molecule has 130 valence electrons. The summed E-state index contributed by atoms with van der Waals surface area (Å²) in [5.74, 6) is 0.317. The Balaban J connectivity index is 1.67. The molecule has 0 bridgehead atoms. The van der Waals surface area contributed by atoms with Crippen LogP contribution in [0.15, 0.2) is 34.2 Å². The third kappa shape index (κ3) is 3.44. The van der Waals surface area contributed by atoms with Crippen LogP contribution in [0.25, 0.3) is 0 Å². The Labute approximate surface area is 141 Å². The molecule has 0 aromatic heterocycles. The zero-order valence-electron chi connectivity index (χ0n) is 13.4. The molecule has 1 aromatic carbocycles. The Morgan fingerprint density at radius 1 is 1.29 bits per heavy atom. The van der Waals surface area contributed by atoms with Crippen molar-refractivity contribution in [1.82, 2.24) is 10.0 Å². The van der Waals surface area contributed by atoms with Crippen molar-refractivity contribution in [2.24, 2.45) is 16.6 Å². The SMILES string of the molecule is NCC1CCCCC1NC(=O)CN=C1NS(=O)(=O)c2ccccc21. The Kier molecular flexibility index (Phi) is 4.86. The lowest BCUT2D eigenvalue weighted by Crippen LogP contribution is -2.45. The largest absolute Gasteiger partial charge is 0.351 e. The van der Waals surface area contributed by atoms with E-state index in [1.807, 2.05) is 0 Å². The maximum absolute atomic E-state index is 12.2. The number of nitrogens with one attached hydrogen (secondary N) is 2. The summed E-state index contributed by atoms with van der Waals surface area (Å²) in [6, 6.07) is 6.68. The van der Waals surface area contributed by atoms with Crippen molar-refractivity contribution in [1.29, 1.82) is 0 Å². The van der Waals surface area contributed by atoms with Gasteiger partial charge in [-0.1, -0.05) is 25.0 Å². The maximum Gasteiger partial charge on any atom is 0.263 e. The first-order chi connectivity index (χ1) is 11.5. The van der Waals surface area contributed by atoms with Crippen LogP contribution in [0.2, 0.25) is 0 Å². The first-order valence-corrected chi connectivity index (χ1v) is 9.65. The Morgan fingerprint density at radius 3 is 2.83 bits per heavy atom. The Morgan fingerprint density at radius 2 is 2.04 bits per heavy atom. The van der Waals surface area contributed by atoms with Crippen LogP contribution in [0.4, 0.5) is 0 Å². The number of hydrogen-bond acceptors (Lipinski definition) is 5. The first kappa shape index (κ1) is 16.9. The van der Waals surface area contributed by atoms with Crippen molar-refractivity contribution in [2.45, 2.75) is 36.6 Å². The minimum Gasteiger partial charge on any atom is -0.351 e. The lowest BCUT2D eigenvalue weighted by molar-refractivity contribution is -0.120. The summed E-state index contributed by atoms with van der Waals surface area (Å²) >= 11 is 0. The fourth-order valence-corrected chi connectivity index (χ4v) is 4.59. The Bertz CT molecular complexity index is 760. The molecule has 7 nitrogen and oxygen atoms in total. The topological polar surface area (TPSA) is 114 Å². The van der Waals surface area contributed by atoms with Crippen LogP contribution in [0.5, 0.6) is 0 Å². The van der Waals surface area contributed by atoms with E-state index in [9.17, 15) is 13.2 Å². The highest BCUT2D eigenvalue weighted by atomic mass is 32.2. The van der Waals surface area contributed by atoms with Crippen molar-refractivity contribution in [3.63, 3.8) is 0 Å². The second-order valence-corrected chi connectivity index (χ2v) is 7.87. The van der Waals surface area contributed by atoms with Gasteiger partial charge in [0.2, 0.25) is 5.91 Å². The molecule has 1 aliphatic heterocycles. The molecule has 2 unspecified atom stereocenters. The summed E-state index contributed by atoms with van der Waals surface area (Å²) in [6.07, 6.45) is 4.20. The smallest absolute Gasteiger partial charge is 0.263 e. The predicted octanol–water partition coefficient (Wildman–Crippen LogP) is 0.359. The minimum absolute atomic E-state index is 0.0870. The van der Waals surface area contributed by atoms with Crippen molar-refractivity contribution in [3.05, 3.63) is 29.8 Å². The van der Waals surface area contributed by atoms with E-state index in [0.717, 1.165) is 25.7 Å². The normalized spacial score (nSPS) is 26.6. The number of hydrogen-bond donors (Lipinski definition) is 3. The molecule has 0 spiro atoms. The van der Waals surface area contributed by atoms with Crippen molar-refractivity contribution in [3.8, 4) is 0 Å². The lowest BCUT2D eigenvalue weighted by atomic mass is 9.84. The summed E-state index contributed by atoms with van der Waals surface area (Å²) in [5, 5.41) is 2.99. The third-order valence-corrected chi connectivity index (χ3v) is 6.00. The Hall–Kier alpha value is -1.93. The van der Waals surface area contributed by atoms with Crippen LogP contribution in [-0.4, -0.2) is 39.3 Å². The number of benzene rings is 1. The van der Waals surface area contributed by atoms with Gasteiger partial charge in [-0.15, -0.1) is 0 Å². The van der Waals surface area contributed by atoms with Gasteiger partial charge in [0.1, 0.15) is 12.4 Å². The molecular formula is C16H22N4O3S. The van der Waals surface area contributed by atoms with Gasteiger partial charge in [0.15, 0.2) is 0 Å². The van der Waals surface area contributed by atoms with Gasteiger partial charge in [0.25, 0.3) is 10.0 Å². The monoisotopic (exact) mass is 350 g/mol. The lowest BCUT2D eigenvalue weighted by Gasteiger charge is -2.31. The molecule has 0 saturated heterocycles. The van der Waals surface area contributed by atoms with E-state index < -0.39 is 10.0 Å². The van der Waals surface area contributed by atoms with E-state index in [1.54, 1.807) is 18.2 Å². The number of aliphatic imine (C=N–C) groups is 1. The van der Waals surface area contributed by atoms with Gasteiger partial charge in [-0.05, 0) is 37.4 Å². The molecule has 2 aliphatic rings. The predicted molar refractivity (Wildman–Crippen MR) is 91.1 cm³/mol. The fraction of sp³-hybridized carbons (Fsp3) is 0.500. The van der Waals surface area contributed by atoms with Gasteiger partial charge in [0.05, 0.1) is 4.90 Å². The number of amidine groups is 1. The van der Waals surface area contributed by atoms with E-state index >= 15 is 0 Å². The van der Waals surface area contributed by atoms with Gasteiger partial charge in [-0.2, -0.15) is 0 Å². The molecule has 1 aliphatic carbocycles. The first-order valence-electron chi connectivity index (χ1n) is 8.17. The van der Waals surface area contributed by atoms with Crippen LogP contribution < -0.4 is 15.8 Å². The number of rotatable bonds is 4. The van der Waals surface area contributed by atoms with Crippen molar-refractivity contribution in [2.75, 3.05) is 13.1 Å². The fourth-order valence-electron chi connectivity index (χ4n) is 3.33. The zero-order valence-corrected chi connectivity index (χ0v) is 14.2. The van der Waals surface area contributed by atoms with Gasteiger partial charge in [0, 0.05) is 11.6 Å². The van der Waals surface area contributed by atoms with Gasteiger partial charge >= 0.3 is 0 Å². The molecule has 2 atom stereocenters. The molecule has 8 heteroatoms. The van der Waals surface area contributed by atoms with E-state index in [-0.39, 0.29) is 29.2 Å². The van der Waals surface area contributed by atoms with Gasteiger partial charge in [-0.25, -0.2) is 8.42 Å². The van der Waals surface area contributed by atoms with Crippen LogP contribution in [-0.2, 0) is 14.8 Å². The van der Waals surface area contributed by atoms with E-state index in [2.05, 4.69) is 15.0 Å². The number of sulfonamides is 1. The zero-order chi connectivity index (χ0) is 17.2. The molecule has 1 aromatic rings. The second-order valence-electron chi connectivity index (χ2n) is 6.22. The summed E-state index contributed by atoms with van der Waals surface area (Å²) < 4.78 is 26.4. The molecule has 4 N–H and O–H groups in total. The number of carbonyl (C=O) groups is 1. The molecule has 24 heavy (non-hydrogen) atoms. The van der Waals surface area contributed by atoms with E-state index in [0.29, 0.717) is 18.0 Å². The minimum atomic E-state index is -3.57. The number of fused-ring (bicyclic) bond motifs is 1. The number of carbonyl (C=O) groups excluding carboxylic acids is 1. The number of nitrogens with zero attached hydrogens (tertiary/aromatic N) is 1. The third-order valence-electron chi connectivity index (χ3n) is 4.60. The maximum atomic E-state index is 12.2. The molecule has 3 rings (SSSR count). The van der Waals surface area contributed by atoms with Crippen LogP contribution in [0.1, 0.15) is 31.2 Å². The van der Waals surface area contributed by atoms with Gasteiger partial charge < -0.3 is 11.1 Å². The summed E-state index contributed by atoms with van der Waals surface area (Å²) in [4.78, 5) is 16.5. The molecule has 1 saturated carbocycles. The highest BCUT2D eigenvalue weighted by Gasteiger charge is 2.30. The van der Waals surface area contributed by atoms with E-state index in [1.165, 1.54) is 6.07 Å². The molecule has 1 heterocycles. The van der Waals surface area contributed by atoms with Crippen molar-refractivity contribution >= 4 is 21.8 Å². The summed E-state index contributed by atoms with van der Waals surface area (Å²) in [6.45, 7) is 0.451. The number of amides is 1.